The van der Waals surface area contributed by atoms with Gasteiger partial charge in [0.05, 0.1) is 17.4 Å². The normalized spacial score (nSPS) is 17.6. The van der Waals surface area contributed by atoms with Crippen LogP contribution in [0.2, 0.25) is 5.02 Å². The molecule has 29 heavy (non-hydrogen) atoms. The monoisotopic (exact) mass is 456 g/mol. The highest BCUT2D eigenvalue weighted by Gasteiger charge is 2.34. The highest BCUT2D eigenvalue weighted by atomic mass is 35.5. The molecule has 1 saturated heterocycles. The first-order valence-corrected chi connectivity index (χ1v) is 11.8. The Kier molecular flexibility index (Phi) is 7.28. The molecule has 0 aliphatic carbocycles. The molecule has 0 radical (unpaired) electrons. The topological polar surface area (TPSA) is 92.8 Å². The summed E-state index contributed by atoms with van der Waals surface area (Å²) in [6.45, 7) is 0.353. The summed E-state index contributed by atoms with van der Waals surface area (Å²) in [6.07, 6.45) is 1.06. The Balaban J connectivity index is 1.52. The molecule has 1 unspecified atom stereocenters. The van der Waals surface area contributed by atoms with Crippen molar-refractivity contribution in [2.75, 3.05) is 19.7 Å². The molecule has 1 N–H and O–H groups in total. The maximum absolute atomic E-state index is 12.8. The number of ether oxygens (including phenoxy) is 1. The summed E-state index contributed by atoms with van der Waals surface area (Å²) in [7, 11) is -3.72. The van der Waals surface area contributed by atoms with E-state index in [0.717, 1.165) is 4.88 Å². The summed E-state index contributed by atoms with van der Waals surface area (Å²) in [4.78, 5) is 25.3. The fraction of sp³-hybridized carbons (Fsp3) is 0.368. The Morgan fingerprint density at radius 3 is 2.69 bits per heavy atom. The lowest BCUT2D eigenvalue weighted by Crippen LogP contribution is -2.43. The molecule has 1 aliphatic heterocycles. The lowest BCUT2D eigenvalue weighted by molar-refractivity contribution is -0.153. The van der Waals surface area contributed by atoms with E-state index in [1.807, 2.05) is 17.5 Å². The van der Waals surface area contributed by atoms with Crippen LogP contribution in [0.1, 0.15) is 17.7 Å². The van der Waals surface area contributed by atoms with Gasteiger partial charge in [0.25, 0.3) is 5.91 Å². The Morgan fingerprint density at radius 2 is 2.00 bits per heavy atom. The third-order valence-corrected chi connectivity index (χ3v) is 7.56. The van der Waals surface area contributed by atoms with Crippen molar-refractivity contribution in [3.63, 3.8) is 0 Å². The molecule has 3 rings (SSSR count). The number of nitrogens with one attached hydrogen (secondary N) is 1. The largest absolute Gasteiger partial charge is 0.455 e. The number of piperidine rings is 1. The number of hydrogen-bond donors (Lipinski definition) is 1. The van der Waals surface area contributed by atoms with Crippen LogP contribution in [0.15, 0.2) is 46.7 Å². The highest BCUT2D eigenvalue weighted by molar-refractivity contribution is 7.89. The average Bonchev–Trinajstić information content (AvgIpc) is 3.24. The molecule has 1 aliphatic rings. The molecule has 156 valence electrons. The first kappa shape index (κ1) is 21.8. The number of carbonyl (C=O) groups is 2. The zero-order chi connectivity index (χ0) is 20.9. The third kappa shape index (κ3) is 5.79. The molecule has 10 heteroatoms. The zero-order valence-corrected chi connectivity index (χ0v) is 17.9. The SMILES string of the molecule is O=C(COC(=O)C1CCCN(S(=O)(=O)c2ccc(Cl)cc2)C1)NCc1cccs1. The van der Waals surface area contributed by atoms with Gasteiger partial charge in [-0.05, 0) is 48.6 Å². The van der Waals surface area contributed by atoms with Gasteiger partial charge in [-0.3, -0.25) is 9.59 Å². The van der Waals surface area contributed by atoms with Crippen LogP contribution in [0.4, 0.5) is 0 Å². The second kappa shape index (κ2) is 9.71. The molecule has 7 nitrogen and oxygen atoms in total. The zero-order valence-electron chi connectivity index (χ0n) is 15.5. The highest BCUT2D eigenvalue weighted by Crippen LogP contribution is 2.25. The van der Waals surface area contributed by atoms with Crippen molar-refractivity contribution >= 4 is 44.8 Å². The van der Waals surface area contributed by atoms with E-state index < -0.39 is 27.8 Å². The van der Waals surface area contributed by atoms with Gasteiger partial charge in [-0.15, -0.1) is 11.3 Å². The van der Waals surface area contributed by atoms with Crippen molar-refractivity contribution in [1.29, 1.82) is 0 Å². The van der Waals surface area contributed by atoms with Crippen LogP contribution in [0, 0.1) is 5.92 Å². The number of carbonyl (C=O) groups excluding carboxylic acids is 2. The number of halogens is 1. The maximum Gasteiger partial charge on any atom is 0.310 e. The lowest BCUT2D eigenvalue weighted by atomic mass is 10.00. The Hall–Kier alpha value is -1.94. The number of benzene rings is 1. The standard InChI is InChI=1S/C19H21ClN2O5S2/c20-15-5-7-17(8-6-15)29(25,26)22-9-1-3-14(12-22)19(24)27-13-18(23)21-11-16-4-2-10-28-16/h2,4-8,10,14H,1,3,9,11-13H2,(H,21,23). The van der Waals surface area contributed by atoms with Gasteiger partial charge in [0.2, 0.25) is 10.0 Å². The Morgan fingerprint density at radius 1 is 1.24 bits per heavy atom. The van der Waals surface area contributed by atoms with Crippen LogP contribution >= 0.6 is 22.9 Å². The summed E-state index contributed by atoms with van der Waals surface area (Å²) >= 11 is 7.34. The second-order valence-corrected chi connectivity index (χ2v) is 10.0. The van der Waals surface area contributed by atoms with Crippen molar-refractivity contribution in [1.82, 2.24) is 9.62 Å². The quantitative estimate of drug-likeness (QED) is 0.646. The van der Waals surface area contributed by atoms with E-state index in [9.17, 15) is 18.0 Å². The molecule has 0 spiro atoms. The molecule has 0 bridgehead atoms. The van der Waals surface area contributed by atoms with Gasteiger partial charge in [-0.2, -0.15) is 4.31 Å². The molecule has 1 aromatic carbocycles. The molecule has 1 aromatic heterocycles. The molecular weight excluding hydrogens is 436 g/mol. The number of hydrogen-bond acceptors (Lipinski definition) is 6. The van der Waals surface area contributed by atoms with Crippen molar-refractivity contribution in [2.45, 2.75) is 24.3 Å². The molecule has 1 amide bonds. The van der Waals surface area contributed by atoms with Gasteiger partial charge < -0.3 is 10.1 Å². The van der Waals surface area contributed by atoms with E-state index in [1.165, 1.54) is 39.9 Å². The Labute approximate surface area is 178 Å². The number of esters is 1. The van der Waals surface area contributed by atoms with E-state index in [4.69, 9.17) is 16.3 Å². The van der Waals surface area contributed by atoms with Gasteiger partial charge in [0, 0.05) is 23.0 Å². The van der Waals surface area contributed by atoms with E-state index >= 15 is 0 Å². The van der Waals surface area contributed by atoms with Crippen molar-refractivity contribution in [3.8, 4) is 0 Å². The average molecular weight is 457 g/mol. The summed E-state index contributed by atoms with van der Waals surface area (Å²) in [5, 5.41) is 5.04. The van der Waals surface area contributed by atoms with Gasteiger partial charge >= 0.3 is 5.97 Å². The molecule has 0 saturated carbocycles. The van der Waals surface area contributed by atoms with Crippen molar-refractivity contribution in [2.24, 2.45) is 5.92 Å². The number of amides is 1. The minimum Gasteiger partial charge on any atom is -0.455 e. The molecule has 2 aromatic rings. The van der Waals surface area contributed by atoms with E-state index in [2.05, 4.69) is 5.32 Å². The third-order valence-electron chi connectivity index (χ3n) is 4.55. The van der Waals surface area contributed by atoms with Crippen molar-refractivity contribution < 1.29 is 22.7 Å². The number of thiophene rings is 1. The van der Waals surface area contributed by atoms with Gasteiger partial charge in [-0.25, -0.2) is 8.42 Å². The fourth-order valence-corrected chi connectivity index (χ4v) is 5.31. The molecule has 1 atom stereocenters. The predicted octanol–water partition coefficient (Wildman–Crippen LogP) is 2.66. The van der Waals surface area contributed by atoms with Crippen LogP contribution in [0.5, 0.6) is 0 Å². The number of rotatable bonds is 7. The van der Waals surface area contributed by atoms with E-state index in [0.29, 0.717) is 31.0 Å². The van der Waals surface area contributed by atoms with Crippen LogP contribution in [-0.4, -0.2) is 44.3 Å². The van der Waals surface area contributed by atoms with E-state index in [-0.39, 0.29) is 18.0 Å². The molecule has 1 fully saturated rings. The number of sulfonamides is 1. The van der Waals surface area contributed by atoms with Gasteiger partial charge in [0.1, 0.15) is 0 Å². The van der Waals surface area contributed by atoms with Crippen molar-refractivity contribution in [3.05, 3.63) is 51.7 Å². The molecular formula is C19H21ClN2O5S2. The smallest absolute Gasteiger partial charge is 0.310 e. The second-order valence-electron chi connectivity index (χ2n) is 6.62. The van der Waals surface area contributed by atoms with Crippen LogP contribution in [0.3, 0.4) is 0 Å². The van der Waals surface area contributed by atoms with Gasteiger partial charge in [-0.1, -0.05) is 17.7 Å². The predicted molar refractivity (Wildman–Crippen MR) is 110 cm³/mol. The molecule has 2 heterocycles. The maximum atomic E-state index is 12.8. The summed E-state index contributed by atoms with van der Waals surface area (Å²) in [5.74, 6) is -1.56. The van der Waals surface area contributed by atoms with E-state index in [1.54, 1.807) is 0 Å². The van der Waals surface area contributed by atoms with Crippen LogP contribution in [0.25, 0.3) is 0 Å². The first-order chi connectivity index (χ1) is 13.9. The van der Waals surface area contributed by atoms with Crippen LogP contribution < -0.4 is 5.32 Å². The Bertz CT molecular complexity index is 945. The summed E-state index contributed by atoms with van der Waals surface area (Å²) in [5.41, 5.74) is 0. The minimum atomic E-state index is -3.72. The van der Waals surface area contributed by atoms with Crippen LogP contribution in [-0.2, 0) is 30.9 Å². The summed E-state index contributed by atoms with van der Waals surface area (Å²) < 4.78 is 32.0. The minimum absolute atomic E-state index is 0.0284. The fourth-order valence-electron chi connectivity index (χ4n) is 3.01. The lowest BCUT2D eigenvalue weighted by Gasteiger charge is -2.30. The first-order valence-electron chi connectivity index (χ1n) is 9.07. The van der Waals surface area contributed by atoms with Gasteiger partial charge in [0.15, 0.2) is 6.61 Å². The summed E-state index contributed by atoms with van der Waals surface area (Å²) in [6, 6.07) is 9.70. The number of nitrogens with zero attached hydrogens (tertiary/aromatic N) is 1.